The van der Waals surface area contributed by atoms with Crippen LogP contribution in [0.3, 0.4) is 0 Å². The van der Waals surface area contributed by atoms with E-state index in [9.17, 15) is 0 Å². The summed E-state index contributed by atoms with van der Waals surface area (Å²) in [5, 5.41) is 0. The number of hydrogen-bond acceptors (Lipinski definition) is 0. The van der Waals surface area contributed by atoms with Gasteiger partial charge in [0.1, 0.15) is 0 Å². The third-order valence-electron chi connectivity index (χ3n) is 0. The van der Waals surface area contributed by atoms with E-state index < -0.39 is 0 Å². The second-order valence-electron chi connectivity index (χ2n) is 0. The summed E-state index contributed by atoms with van der Waals surface area (Å²) < 4.78 is 0. The minimum atomic E-state index is 0. The molecule has 0 radical (unpaired) electrons. The van der Waals surface area contributed by atoms with Gasteiger partial charge in [-0.05, 0) is 0 Å². The summed E-state index contributed by atoms with van der Waals surface area (Å²) in [5.74, 6) is 0. The van der Waals surface area contributed by atoms with Crippen LogP contribution in [-0.4, -0.2) is 1090 Å². The van der Waals surface area contributed by atoms with Gasteiger partial charge in [-0.3, -0.25) is 0 Å². The minimum absolute atomic E-state index is 0. The Labute approximate surface area is 1090 Å². The van der Waals surface area contributed by atoms with Crippen LogP contribution < -0.4 is 0 Å². The van der Waals surface area contributed by atoms with Gasteiger partial charge in [-0.25, -0.2) is 0 Å². The van der Waals surface area contributed by atoms with E-state index >= 15 is 0 Å². The zero-order valence-electron chi connectivity index (χ0n) is 1.22. The van der Waals surface area contributed by atoms with Crippen LogP contribution in [-0.2, 0) is 0 Å². The van der Waals surface area contributed by atoms with E-state index in [1.54, 1.807) is 0 Å². The summed E-state index contributed by atoms with van der Waals surface area (Å²) in [6.45, 7) is 0. The van der Waals surface area contributed by atoms with Gasteiger partial charge in [0, 0.05) is 0 Å². The van der Waals surface area contributed by atoms with E-state index in [-0.39, 0.29) is 1130 Å². The van der Waals surface area contributed by atoms with E-state index in [0.717, 1.165) is 0 Å². The fourth-order valence-electron chi connectivity index (χ4n) is 0. The molecule has 0 aromatic carbocycles. The molecule has 0 aliphatic carbocycles. The zero-order chi connectivity index (χ0) is 0. The standard InChI is InChI=1S/29Ca.3ClH.58H/h;;;;;;;;;;;;;;;;;;;;;;;;;;;;;3*1H;;;;;;;;;;;;;;;;;;;;;;;;;;;;;;;;;;;;;;;;;;;;;;;;;;;;;;;;;;. The Hall–Kier alpha value is 37.4. The van der Waals surface area contributed by atoms with Crippen LogP contribution in [0.2, 0.25) is 0 Å². The average molecular weight is 1330 g/mol. The number of hydrogen-bond donors (Lipinski definition) is 0. The molecule has 0 aliphatic rings. The molecular formula is H61Ca29Cl3. The van der Waals surface area contributed by atoms with Crippen LogP contribution in [0.5, 0.6) is 0 Å². The van der Waals surface area contributed by atoms with Crippen molar-refractivity contribution >= 4 is 1130 Å². The van der Waals surface area contributed by atoms with Crippen molar-refractivity contribution in [2.75, 3.05) is 0 Å². The first-order chi connectivity index (χ1) is 0. The third-order valence-corrected chi connectivity index (χ3v) is 0. The fraction of sp³-hybridized carbons (Fsp3) is 0. The molecule has 0 unspecified atom stereocenters. The topological polar surface area (TPSA) is 0 Å². The SMILES string of the molecule is Cl.Cl.Cl.[CaH2].[CaH2].[CaH2].[CaH2].[CaH2].[CaH2].[CaH2].[CaH2].[CaH2].[CaH2].[CaH2].[CaH2].[CaH2].[CaH2].[CaH2].[CaH2].[CaH2].[CaH2].[CaH2].[CaH2].[CaH2].[CaH2].[CaH2].[CaH2].[CaH2].[CaH2].[CaH2].[CaH2].[CaH2]. The Kier molecular flexibility index (Phi) is 1610. The number of halogens is 3. The fourth-order valence-corrected chi connectivity index (χ4v) is 0. The first kappa shape index (κ1) is 232. The van der Waals surface area contributed by atoms with Gasteiger partial charge in [0.2, 0.25) is 0 Å². The van der Waals surface area contributed by atoms with Crippen molar-refractivity contribution in [2.24, 2.45) is 0 Å². The Morgan fingerprint density at radius 3 is 0.0625 bits per heavy atom. The maximum atomic E-state index is 0. The quantitative estimate of drug-likeness (QED) is 0.212. The van der Waals surface area contributed by atoms with Crippen molar-refractivity contribution in [1.82, 2.24) is 0 Å². The van der Waals surface area contributed by atoms with Crippen LogP contribution in [0.4, 0.5) is 0 Å². The van der Waals surface area contributed by atoms with E-state index in [1.807, 2.05) is 0 Å². The molecule has 0 aliphatic heterocycles. The molecule has 0 aromatic heterocycles. The molecule has 0 saturated carbocycles. The molecular weight excluding hydrogens is 1270 g/mol. The maximum absolute atomic E-state index is 0. The van der Waals surface area contributed by atoms with Crippen LogP contribution in [0, 0.1) is 0 Å². The molecule has 0 aromatic rings. The van der Waals surface area contributed by atoms with Crippen molar-refractivity contribution in [3.05, 3.63) is 0 Å². The van der Waals surface area contributed by atoms with E-state index in [2.05, 4.69) is 0 Å². The summed E-state index contributed by atoms with van der Waals surface area (Å²) in [5.41, 5.74) is 0. The van der Waals surface area contributed by atoms with Gasteiger partial charge in [-0.1, -0.05) is 0 Å². The van der Waals surface area contributed by atoms with E-state index in [4.69, 9.17) is 0 Å². The Balaban J connectivity index is 0. The van der Waals surface area contributed by atoms with Gasteiger partial charge in [-0.2, -0.15) is 0 Å². The number of rotatable bonds is 0. The molecule has 0 heterocycles. The monoisotopic (exact) mass is 1330 g/mol. The summed E-state index contributed by atoms with van der Waals surface area (Å²) in [7, 11) is 0. The molecule has 0 bridgehead atoms. The van der Waals surface area contributed by atoms with Gasteiger partial charge in [0.05, 0.1) is 0 Å². The molecule has 0 nitrogen and oxygen atoms in total. The summed E-state index contributed by atoms with van der Waals surface area (Å²) >= 11 is 0. The van der Waals surface area contributed by atoms with Crippen molar-refractivity contribution < 1.29 is 0 Å². The summed E-state index contributed by atoms with van der Waals surface area (Å²) in [4.78, 5) is 0. The summed E-state index contributed by atoms with van der Waals surface area (Å²) in [6, 6.07) is 0. The van der Waals surface area contributed by atoms with Crippen molar-refractivity contribution in [2.45, 2.75) is 0 Å². The third kappa shape index (κ3) is 212. The van der Waals surface area contributed by atoms with Gasteiger partial charge in [0.25, 0.3) is 0 Å². The van der Waals surface area contributed by atoms with Gasteiger partial charge in [0.15, 0.2) is 0 Å². The molecule has 0 saturated heterocycles. The van der Waals surface area contributed by atoms with Crippen molar-refractivity contribution in [3.8, 4) is 0 Å². The predicted octanol–water partition coefficient (Wildman–Crippen LogP) is -25.3. The Morgan fingerprint density at radius 1 is 0.0625 bits per heavy atom. The second-order valence-corrected chi connectivity index (χ2v) is 0. The molecule has 32 heavy (non-hydrogen) atoms. The molecule has 0 fully saturated rings. The first-order valence-corrected chi connectivity index (χ1v) is 0. The van der Waals surface area contributed by atoms with E-state index in [0.29, 0.717) is 0 Å². The molecule has 0 spiro atoms. The predicted molar refractivity (Wildman–Crippen MR) is 270 cm³/mol. The Morgan fingerprint density at radius 2 is 0.0625 bits per heavy atom. The Bertz CT molecular complexity index is 14.4. The van der Waals surface area contributed by atoms with Gasteiger partial charge < -0.3 is 0 Å². The van der Waals surface area contributed by atoms with Crippen LogP contribution in [0.1, 0.15) is 0 Å². The van der Waals surface area contributed by atoms with Crippen molar-refractivity contribution in [1.29, 1.82) is 0 Å². The van der Waals surface area contributed by atoms with Gasteiger partial charge >= 0.3 is 1090 Å². The van der Waals surface area contributed by atoms with E-state index in [1.165, 1.54) is 0 Å². The molecule has 0 N–H and O–H groups in total. The molecule has 0 rings (SSSR count). The average Bonchev–Trinajstić information content (AvgIpc) is 0. The second kappa shape index (κ2) is 222. The zero-order valence-corrected chi connectivity index (χ0v) is 3.67. The molecule has 32 heteroatoms. The van der Waals surface area contributed by atoms with Crippen LogP contribution >= 0.6 is 37.2 Å². The molecule has 140 valence electrons. The first-order valence-electron chi connectivity index (χ1n) is 0. The van der Waals surface area contributed by atoms with Crippen LogP contribution in [0.15, 0.2) is 0 Å². The van der Waals surface area contributed by atoms with Crippen LogP contribution in [0.25, 0.3) is 0 Å². The van der Waals surface area contributed by atoms with Crippen molar-refractivity contribution in [3.63, 3.8) is 0 Å². The molecule has 0 amide bonds. The normalized spacial score (nSPS) is 0. The van der Waals surface area contributed by atoms with Gasteiger partial charge in [-0.15, -0.1) is 37.2 Å². The summed E-state index contributed by atoms with van der Waals surface area (Å²) in [6.07, 6.45) is 0. The molecule has 0 atom stereocenters.